The molecule has 2 aromatic rings. The van der Waals surface area contributed by atoms with E-state index in [9.17, 15) is 22.8 Å². The molecule has 2 heterocycles. The number of halogens is 3. The molecule has 1 aromatic carbocycles. The molecular formula is C19H20F3N3O4. The van der Waals surface area contributed by atoms with Crippen LogP contribution in [0.1, 0.15) is 17.4 Å². The second kappa shape index (κ2) is 9.10. The van der Waals surface area contributed by atoms with Gasteiger partial charge in [-0.1, -0.05) is 0 Å². The number of hydrogen-bond donors (Lipinski definition) is 2. The Hall–Kier alpha value is -2.85. The van der Waals surface area contributed by atoms with Crippen molar-refractivity contribution in [1.82, 2.24) is 10.2 Å². The van der Waals surface area contributed by atoms with Crippen molar-refractivity contribution in [2.24, 2.45) is 0 Å². The lowest BCUT2D eigenvalue weighted by molar-refractivity contribution is -0.137. The lowest BCUT2D eigenvalue weighted by atomic mass is 10.1. The number of nitrogens with one attached hydrogen (secondary N) is 2. The van der Waals surface area contributed by atoms with E-state index in [2.05, 4.69) is 15.5 Å². The highest BCUT2D eigenvalue weighted by atomic mass is 19.4. The third-order valence-electron chi connectivity index (χ3n) is 4.49. The van der Waals surface area contributed by atoms with Crippen LogP contribution in [-0.4, -0.2) is 49.6 Å². The number of nitrogens with zero attached hydrogens (tertiary/aromatic N) is 1. The van der Waals surface area contributed by atoms with Crippen molar-refractivity contribution < 1.29 is 31.9 Å². The largest absolute Gasteiger partial charge is 0.468 e. The van der Waals surface area contributed by atoms with E-state index in [-0.39, 0.29) is 18.3 Å². The van der Waals surface area contributed by atoms with Gasteiger partial charge in [-0.2, -0.15) is 13.2 Å². The highest BCUT2D eigenvalue weighted by molar-refractivity contribution is 6.39. The summed E-state index contributed by atoms with van der Waals surface area (Å²) in [5.74, 6) is -1.21. The molecule has 2 N–H and O–H groups in total. The standard InChI is InChI=1S/C19H20F3N3O4/c20-19(21,22)13-3-5-14(6-4-13)24-18(27)17(26)23-12-15(16-2-1-9-29-16)25-7-10-28-11-8-25/h1-6,9,15H,7-8,10-12H2,(H,23,26)(H,24,27). The van der Waals surface area contributed by atoms with Gasteiger partial charge in [-0.3, -0.25) is 14.5 Å². The number of amides is 2. The molecule has 1 aliphatic heterocycles. The van der Waals surface area contributed by atoms with Crippen LogP contribution < -0.4 is 10.6 Å². The molecule has 1 atom stereocenters. The Kier molecular flexibility index (Phi) is 6.55. The van der Waals surface area contributed by atoms with Crippen LogP contribution in [0.2, 0.25) is 0 Å². The first-order chi connectivity index (χ1) is 13.8. The summed E-state index contributed by atoms with van der Waals surface area (Å²) in [7, 11) is 0. The van der Waals surface area contributed by atoms with Crippen molar-refractivity contribution in [3.8, 4) is 0 Å². The van der Waals surface area contributed by atoms with Gasteiger partial charge in [0.05, 0.1) is 31.1 Å². The Morgan fingerprint density at radius 3 is 2.34 bits per heavy atom. The van der Waals surface area contributed by atoms with Crippen molar-refractivity contribution >= 4 is 17.5 Å². The predicted molar refractivity (Wildman–Crippen MR) is 96.9 cm³/mol. The van der Waals surface area contributed by atoms with Gasteiger partial charge in [0.25, 0.3) is 0 Å². The second-order valence-electron chi connectivity index (χ2n) is 6.42. The SMILES string of the molecule is O=C(NCC(c1ccco1)N1CCOCC1)C(=O)Nc1ccc(C(F)(F)F)cc1. The van der Waals surface area contributed by atoms with Crippen LogP contribution in [0.3, 0.4) is 0 Å². The van der Waals surface area contributed by atoms with Gasteiger partial charge in [0.1, 0.15) is 5.76 Å². The van der Waals surface area contributed by atoms with Crippen LogP contribution in [-0.2, 0) is 20.5 Å². The zero-order chi connectivity index (χ0) is 20.9. The average Bonchev–Trinajstić information content (AvgIpc) is 3.23. The summed E-state index contributed by atoms with van der Waals surface area (Å²) < 4.78 is 48.5. The van der Waals surface area contributed by atoms with Crippen molar-refractivity contribution in [2.45, 2.75) is 12.2 Å². The zero-order valence-corrected chi connectivity index (χ0v) is 15.4. The first kappa shape index (κ1) is 20.9. The molecular weight excluding hydrogens is 391 g/mol. The fourth-order valence-corrected chi connectivity index (χ4v) is 2.98. The Labute approximate surface area is 164 Å². The molecule has 1 aliphatic rings. The number of ether oxygens (including phenoxy) is 1. The van der Waals surface area contributed by atoms with Crippen molar-refractivity contribution in [3.05, 3.63) is 54.0 Å². The number of furan rings is 1. The van der Waals surface area contributed by atoms with Gasteiger partial charge in [-0.25, -0.2) is 0 Å². The fraction of sp³-hybridized carbons (Fsp3) is 0.368. The molecule has 156 valence electrons. The maximum Gasteiger partial charge on any atom is 0.416 e. The number of hydrogen-bond acceptors (Lipinski definition) is 5. The smallest absolute Gasteiger partial charge is 0.416 e. The quantitative estimate of drug-likeness (QED) is 0.739. The summed E-state index contributed by atoms with van der Waals surface area (Å²) in [5.41, 5.74) is -0.749. The fourth-order valence-electron chi connectivity index (χ4n) is 2.98. The van der Waals surface area contributed by atoms with Gasteiger partial charge in [0.2, 0.25) is 0 Å². The van der Waals surface area contributed by atoms with Crippen LogP contribution in [0.15, 0.2) is 47.1 Å². The molecule has 0 saturated carbocycles. The van der Waals surface area contributed by atoms with E-state index in [1.807, 2.05) is 0 Å². The molecule has 3 rings (SSSR count). The summed E-state index contributed by atoms with van der Waals surface area (Å²) in [6.45, 7) is 2.55. The molecule has 29 heavy (non-hydrogen) atoms. The number of alkyl halides is 3. The number of benzene rings is 1. The summed E-state index contributed by atoms with van der Waals surface area (Å²) in [6.07, 6.45) is -2.94. The first-order valence-electron chi connectivity index (χ1n) is 8.96. The van der Waals surface area contributed by atoms with Gasteiger partial charge in [-0.15, -0.1) is 0 Å². The molecule has 1 saturated heterocycles. The summed E-state index contributed by atoms with van der Waals surface area (Å²) >= 11 is 0. The highest BCUT2D eigenvalue weighted by Crippen LogP contribution is 2.29. The molecule has 1 aromatic heterocycles. The van der Waals surface area contributed by atoms with Crippen LogP contribution >= 0.6 is 0 Å². The summed E-state index contributed by atoms with van der Waals surface area (Å²) in [5, 5.41) is 4.83. The van der Waals surface area contributed by atoms with Crippen LogP contribution in [0, 0.1) is 0 Å². The lowest BCUT2D eigenvalue weighted by Crippen LogP contribution is -2.45. The number of carbonyl (C=O) groups excluding carboxylic acids is 2. The van der Waals surface area contributed by atoms with E-state index >= 15 is 0 Å². The van der Waals surface area contributed by atoms with Crippen LogP contribution in [0.4, 0.5) is 18.9 Å². The summed E-state index contributed by atoms with van der Waals surface area (Å²) in [6, 6.07) is 7.10. The van der Waals surface area contributed by atoms with Gasteiger partial charge >= 0.3 is 18.0 Å². The van der Waals surface area contributed by atoms with Gasteiger partial charge < -0.3 is 19.8 Å². The number of rotatable bonds is 5. The molecule has 0 bridgehead atoms. The van der Waals surface area contributed by atoms with Gasteiger partial charge in [-0.05, 0) is 36.4 Å². The first-order valence-corrected chi connectivity index (χ1v) is 8.96. The summed E-state index contributed by atoms with van der Waals surface area (Å²) in [4.78, 5) is 26.3. The predicted octanol–water partition coefficient (Wildman–Crippen LogP) is 2.43. The molecule has 0 aliphatic carbocycles. The third kappa shape index (κ3) is 5.58. The zero-order valence-electron chi connectivity index (χ0n) is 15.4. The van der Waals surface area contributed by atoms with E-state index in [0.29, 0.717) is 32.1 Å². The third-order valence-corrected chi connectivity index (χ3v) is 4.49. The maximum atomic E-state index is 12.6. The minimum absolute atomic E-state index is 0.0916. The highest BCUT2D eigenvalue weighted by Gasteiger charge is 2.30. The molecule has 10 heteroatoms. The Morgan fingerprint density at radius 2 is 1.76 bits per heavy atom. The number of anilines is 1. The molecule has 7 nitrogen and oxygen atoms in total. The molecule has 1 unspecified atom stereocenters. The van der Waals surface area contributed by atoms with Crippen molar-refractivity contribution in [2.75, 3.05) is 38.2 Å². The monoisotopic (exact) mass is 411 g/mol. The van der Waals surface area contributed by atoms with Crippen LogP contribution in [0.25, 0.3) is 0 Å². The van der Waals surface area contributed by atoms with E-state index in [1.165, 1.54) is 6.26 Å². The van der Waals surface area contributed by atoms with E-state index < -0.39 is 23.6 Å². The van der Waals surface area contributed by atoms with E-state index in [4.69, 9.17) is 9.15 Å². The van der Waals surface area contributed by atoms with E-state index in [1.54, 1.807) is 12.1 Å². The lowest BCUT2D eigenvalue weighted by Gasteiger charge is -2.33. The van der Waals surface area contributed by atoms with Crippen LogP contribution in [0.5, 0.6) is 0 Å². The Balaban J connectivity index is 1.57. The van der Waals surface area contributed by atoms with Crippen molar-refractivity contribution in [1.29, 1.82) is 0 Å². The molecule has 0 radical (unpaired) electrons. The van der Waals surface area contributed by atoms with Crippen molar-refractivity contribution in [3.63, 3.8) is 0 Å². The topological polar surface area (TPSA) is 83.8 Å². The Morgan fingerprint density at radius 1 is 1.07 bits per heavy atom. The number of carbonyl (C=O) groups is 2. The molecule has 0 spiro atoms. The van der Waals surface area contributed by atoms with Gasteiger partial charge in [0, 0.05) is 25.3 Å². The average molecular weight is 411 g/mol. The van der Waals surface area contributed by atoms with Gasteiger partial charge in [0.15, 0.2) is 0 Å². The Bertz CT molecular complexity index is 816. The maximum absolute atomic E-state index is 12.6. The normalized spacial score (nSPS) is 16.2. The van der Waals surface area contributed by atoms with E-state index in [0.717, 1.165) is 24.3 Å². The minimum atomic E-state index is -4.47. The molecule has 1 fully saturated rings. The number of morpholine rings is 1. The minimum Gasteiger partial charge on any atom is -0.468 e. The second-order valence-corrected chi connectivity index (χ2v) is 6.42. The molecule has 2 amide bonds.